The van der Waals surface area contributed by atoms with Gasteiger partial charge in [0.05, 0.1) is 40.3 Å². The SMILES string of the molecule is CCCN(CCC)C(N(CC)CC)=[N+](C)C. The second-order valence-electron chi connectivity index (χ2n) is 4.35. The lowest BCUT2D eigenvalue weighted by Gasteiger charge is -2.27. The van der Waals surface area contributed by atoms with Gasteiger partial charge in [-0.05, 0) is 26.7 Å². The fraction of sp³-hybridized carbons (Fsp3) is 0.923. The van der Waals surface area contributed by atoms with E-state index in [0.717, 1.165) is 26.2 Å². The normalized spacial score (nSPS) is 10.1. The smallest absolute Gasteiger partial charge is 0.270 e. The van der Waals surface area contributed by atoms with Crippen LogP contribution in [-0.2, 0) is 0 Å². The molecule has 0 radical (unpaired) electrons. The summed E-state index contributed by atoms with van der Waals surface area (Å²) < 4.78 is 2.25. The summed E-state index contributed by atoms with van der Waals surface area (Å²) in [5.74, 6) is 1.37. The van der Waals surface area contributed by atoms with Gasteiger partial charge < -0.3 is 0 Å². The molecule has 0 saturated carbocycles. The zero-order chi connectivity index (χ0) is 12.6. The van der Waals surface area contributed by atoms with Crippen molar-refractivity contribution in [3.8, 4) is 0 Å². The molecule has 0 aromatic rings. The van der Waals surface area contributed by atoms with Crippen LogP contribution in [0.1, 0.15) is 40.5 Å². The second kappa shape index (κ2) is 8.43. The maximum atomic E-state index is 2.51. The van der Waals surface area contributed by atoms with Gasteiger partial charge in [-0.3, -0.25) is 14.4 Å². The molecule has 0 aromatic carbocycles. The highest BCUT2D eigenvalue weighted by atomic mass is 15.4. The van der Waals surface area contributed by atoms with Gasteiger partial charge in [0.15, 0.2) is 0 Å². The van der Waals surface area contributed by atoms with Crippen LogP contribution in [0.25, 0.3) is 0 Å². The number of hydrogen-bond donors (Lipinski definition) is 0. The van der Waals surface area contributed by atoms with E-state index < -0.39 is 0 Å². The zero-order valence-corrected chi connectivity index (χ0v) is 12.1. The summed E-state index contributed by atoms with van der Waals surface area (Å²) in [7, 11) is 4.29. The van der Waals surface area contributed by atoms with E-state index in [9.17, 15) is 0 Å². The molecule has 0 unspecified atom stereocenters. The topological polar surface area (TPSA) is 9.49 Å². The molecule has 0 aliphatic heterocycles. The van der Waals surface area contributed by atoms with Crippen LogP contribution in [0.3, 0.4) is 0 Å². The van der Waals surface area contributed by atoms with E-state index in [1.54, 1.807) is 0 Å². The highest BCUT2D eigenvalue weighted by Crippen LogP contribution is 2.02. The Morgan fingerprint density at radius 2 is 1.25 bits per heavy atom. The predicted molar refractivity (Wildman–Crippen MR) is 72.2 cm³/mol. The fourth-order valence-corrected chi connectivity index (χ4v) is 2.12. The van der Waals surface area contributed by atoms with Crippen molar-refractivity contribution in [2.75, 3.05) is 40.3 Å². The lowest BCUT2D eigenvalue weighted by molar-refractivity contribution is -0.476. The molecule has 96 valence electrons. The zero-order valence-electron chi connectivity index (χ0n) is 12.1. The Balaban J connectivity index is 4.91. The molecule has 0 aliphatic rings. The molecule has 0 spiro atoms. The molecule has 0 atom stereocenters. The van der Waals surface area contributed by atoms with Crippen molar-refractivity contribution in [2.24, 2.45) is 0 Å². The summed E-state index contributed by atoms with van der Waals surface area (Å²) in [4.78, 5) is 4.94. The summed E-state index contributed by atoms with van der Waals surface area (Å²) in [5.41, 5.74) is 0. The van der Waals surface area contributed by atoms with Gasteiger partial charge >= 0.3 is 5.96 Å². The second-order valence-corrected chi connectivity index (χ2v) is 4.35. The van der Waals surface area contributed by atoms with Crippen molar-refractivity contribution < 1.29 is 4.58 Å². The van der Waals surface area contributed by atoms with E-state index in [0.29, 0.717) is 0 Å². The lowest BCUT2D eigenvalue weighted by Crippen LogP contribution is -2.49. The Hall–Kier alpha value is -0.730. The predicted octanol–water partition coefficient (Wildman–Crippen LogP) is 2.08. The van der Waals surface area contributed by atoms with E-state index in [4.69, 9.17) is 0 Å². The molecular formula is C13H30N3+. The van der Waals surface area contributed by atoms with Crippen LogP contribution < -0.4 is 0 Å². The highest BCUT2D eigenvalue weighted by Gasteiger charge is 2.23. The van der Waals surface area contributed by atoms with Crippen LogP contribution in [-0.4, -0.2) is 60.6 Å². The third-order valence-electron chi connectivity index (χ3n) is 2.72. The van der Waals surface area contributed by atoms with E-state index in [1.807, 2.05) is 0 Å². The van der Waals surface area contributed by atoms with Crippen molar-refractivity contribution >= 4 is 5.96 Å². The summed E-state index contributed by atoms with van der Waals surface area (Å²) >= 11 is 0. The number of guanidine groups is 1. The van der Waals surface area contributed by atoms with Gasteiger partial charge in [0.25, 0.3) is 0 Å². The molecule has 0 amide bonds. The van der Waals surface area contributed by atoms with Gasteiger partial charge in [-0.25, -0.2) is 0 Å². The third kappa shape index (κ3) is 4.42. The average molecular weight is 228 g/mol. The van der Waals surface area contributed by atoms with Crippen LogP contribution in [0.2, 0.25) is 0 Å². The molecule has 0 fully saturated rings. The van der Waals surface area contributed by atoms with E-state index in [-0.39, 0.29) is 0 Å². The van der Waals surface area contributed by atoms with Gasteiger partial charge in [0.2, 0.25) is 0 Å². The molecule has 0 N–H and O–H groups in total. The Kier molecular flexibility index (Phi) is 8.04. The van der Waals surface area contributed by atoms with Crippen molar-refractivity contribution in [1.82, 2.24) is 9.80 Å². The quantitative estimate of drug-likeness (QED) is 0.391. The molecular weight excluding hydrogens is 198 g/mol. The molecule has 3 heteroatoms. The molecule has 0 heterocycles. The van der Waals surface area contributed by atoms with Crippen LogP contribution in [0.5, 0.6) is 0 Å². The molecule has 0 rings (SSSR count). The number of hydrogen-bond acceptors (Lipinski definition) is 0. The minimum atomic E-state index is 1.08. The van der Waals surface area contributed by atoms with Crippen LogP contribution in [0.4, 0.5) is 0 Å². The van der Waals surface area contributed by atoms with Crippen molar-refractivity contribution in [3.63, 3.8) is 0 Å². The molecule has 0 bridgehead atoms. The summed E-state index contributed by atoms with van der Waals surface area (Å²) in [6.07, 6.45) is 2.41. The first-order chi connectivity index (χ1) is 7.62. The summed E-state index contributed by atoms with van der Waals surface area (Å²) in [5, 5.41) is 0. The Morgan fingerprint density at radius 1 is 0.812 bits per heavy atom. The maximum absolute atomic E-state index is 2.51. The fourth-order valence-electron chi connectivity index (χ4n) is 2.12. The first-order valence-corrected chi connectivity index (χ1v) is 6.66. The minimum Gasteiger partial charge on any atom is -0.270 e. The van der Waals surface area contributed by atoms with Crippen molar-refractivity contribution in [2.45, 2.75) is 40.5 Å². The molecule has 3 nitrogen and oxygen atoms in total. The Morgan fingerprint density at radius 3 is 1.50 bits per heavy atom. The third-order valence-corrected chi connectivity index (χ3v) is 2.72. The van der Waals surface area contributed by atoms with Gasteiger partial charge in [0, 0.05) is 0 Å². The minimum absolute atomic E-state index is 1.08. The first-order valence-electron chi connectivity index (χ1n) is 6.66. The average Bonchev–Trinajstić information content (AvgIpc) is 2.25. The lowest BCUT2D eigenvalue weighted by atomic mass is 10.3. The van der Waals surface area contributed by atoms with Crippen LogP contribution in [0, 0.1) is 0 Å². The molecule has 16 heavy (non-hydrogen) atoms. The van der Waals surface area contributed by atoms with E-state index >= 15 is 0 Å². The highest BCUT2D eigenvalue weighted by molar-refractivity contribution is 5.75. The Bertz CT molecular complexity index is 197. The van der Waals surface area contributed by atoms with Gasteiger partial charge in [-0.1, -0.05) is 13.8 Å². The van der Waals surface area contributed by atoms with Gasteiger partial charge in [-0.15, -0.1) is 0 Å². The first kappa shape index (κ1) is 15.3. The largest absolute Gasteiger partial charge is 0.350 e. The summed E-state index contributed by atoms with van der Waals surface area (Å²) in [6, 6.07) is 0. The molecule has 0 aromatic heterocycles. The van der Waals surface area contributed by atoms with E-state index in [2.05, 4.69) is 56.2 Å². The van der Waals surface area contributed by atoms with Crippen LogP contribution >= 0.6 is 0 Å². The maximum Gasteiger partial charge on any atom is 0.350 e. The number of nitrogens with zero attached hydrogens (tertiary/aromatic N) is 3. The molecule has 0 saturated heterocycles. The van der Waals surface area contributed by atoms with Crippen molar-refractivity contribution in [3.05, 3.63) is 0 Å². The molecule has 0 aliphatic carbocycles. The van der Waals surface area contributed by atoms with Gasteiger partial charge in [-0.2, -0.15) is 0 Å². The van der Waals surface area contributed by atoms with Gasteiger partial charge in [0.1, 0.15) is 0 Å². The monoisotopic (exact) mass is 228 g/mol. The van der Waals surface area contributed by atoms with E-state index in [1.165, 1.54) is 18.8 Å². The van der Waals surface area contributed by atoms with Crippen molar-refractivity contribution in [1.29, 1.82) is 0 Å². The number of rotatable bonds is 6. The van der Waals surface area contributed by atoms with Crippen LogP contribution in [0.15, 0.2) is 0 Å². The standard InChI is InChI=1S/C13H30N3/c1-7-11-16(12-8-2)13(14(5)6)15(9-3)10-4/h7-12H2,1-6H3/q+1. The summed E-state index contributed by atoms with van der Waals surface area (Å²) in [6.45, 7) is 13.4. The Labute approximate surface area is 102 Å².